The van der Waals surface area contributed by atoms with Gasteiger partial charge in [0.15, 0.2) is 10.2 Å². The summed E-state index contributed by atoms with van der Waals surface area (Å²) in [7, 11) is 0. The van der Waals surface area contributed by atoms with E-state index in [1.807, 2.05) is 42.6 Å². The maximum Gasteiger partial charge on any atom is 0.174 e. The minimum Gasteiger partial charge on any atom is -0.490 e. The molecule has 2 fully saturated rings. The molecule has 6 rings (SSSR count). The number of nitrogens with zero attached hydrogens (tertiary/aromatic N) is 2. The molecule has 0 amide bonds. The van der Waals surface area contributed by atoms with Crippen LogP contribution >= 0.6 is 24.0 Å². The quantitative estimate of drug-likeness (QED) is 0.248. The van der Waals surface area contributed by atoms with Gasteiger partial charge in [-0.15, -0.1) is 0 Å². The van der Waals surface area contributed by atoms with Crippen molar-refractivity contribution >= 4 is 34.8 Å². The highest BCUT2D eigenvalue weighted by Crippen LogP contribution is 2.43. The van der Waals surface area contributed by atoms with E-state index in [2.05, 4.69) is 64.6 Å². The number of furan rings is 1. The lowest BCUT2D eigenvalue weighted by atomic mass is 10.0. The van der Waals surface area contributed by atoms with E-state index >= 15 is 0 Å². The van der Waals surface area contributed by atoms with Gasteiger partial charge < -0.3 is 19.4 Å². The standard InChI is InChI=1S/C30H29N3O2S2/c1-20-9-15-24(16-10-20)37-27-18-17-26(35-27)29-28(25-8-4-5-19-31-25)32-30(36)33(29)21-11-13-23(14-12-21)34-22-6-2-3-7-22/h4-5,8-19,22,28-29H,2-3,6-7H2,1H3,(H,32,36)/t28-,29+/m1/s1. The SMILES string of the molecule is Cc1ccc(Sc2ccc([C@H]3[C@@H](c4ccccn4)NC(=S)N3c3ccc(OC4CCCC4)cc3)o2)cc1. The summed E-state index contributed by atoms with van der Waals surface area (Å²) in [6, 6.07) is 26.4. The van der Waals surface area contributed by atoms with Crippen LogP contribution in [-0.4, -0.2) is 16.2 Å². The number of hydrogen-bond donors (Lipinski definition) is 1. The summed E-state index contributed by atoms with van der Waals surface area (Å²) >= 11 is 7.48. The number of aryl methyl sites for hydroxylation is 1. The fourth-order valence-electron chi connectivity index (χ4n) is 5.08. The van der Waals surface area contributed by atoms with Crippen LogP contribution in [0.15, 0.2) is 99.5 Å². The summed E-state index contributed by atoms with van der Waals surface area (Å²) in [5.41, 5.74) is 3.15. The molecule has 7 heteroatoms. The molecule has 0 spiro atoms. The van der Waals surface area contributed by atoms with Gasteiger partial charge in [-0.2, -0.15) is 0 Å². The van der Waals surface area contributed by atoms with Crippen molar-refractivity contribution < 1.29 is 9.15 Å². The summed E-state index contributed by atoms with van der Waals surface area (Å²) in [5.74, 6) is 1.74. The van der Waals surface area contributed by atoms with Gasteiger partial charge in [0.2, 0.25) is 0 Å². The average Bonchev–Trinajstić information content (AvgIpc) is 3.67. The van der Waals surface area contributed by atoms with Crippen LogP contribution in [0.1, 0.15) is 54.8 Å². The molecule has 1 aliphatic carbocycles. The molecule has 3 heterocycles. The van der Waals surface area contributed by atoms with Gasteiger partial charge in [0.05, 0.1) is 17.8 Å². The van der Waals surface area contributed by atoms with Crippen molar-refractivity contribution in [1.82, 2.24) is 10.3 Å². The molecule has 1 aliphatic heterocycles. The van der Waals surface area contributed by atoms with Crippen LogP contribution in [0, 0.1) is 6.92 Å². The average molecular weight is 528 g/mol. The van der Waals surface area contributed by atoms with Crippen LogP contribution in [0.3, 0.4) is 0 Å². The zero-order valence-electron chi connectivity index (χ0n) is 20.7. The number of rotatable bonds is 7. The summed E-state index contributed by atoms with van der Waals surface area (Å²) in [5, 5.41) is 4.99. The molecule has 4 aromatic rings. The fourth-order valence-corrected chi connectivity index (χ4v) is 6.20. The van der Waals surface area contributed by atoms with Gasteiger partial charge in [-0.05, 0) is 105 Å². The molecule has 2 aliphatic rings. The van der Waals surface area contributed by atoms with Crippen LogP contribution in [0.4, 0.5) is 5.69 Å². The maximum atomic E-state index is 6.44. The fraction of sp³-hybridized carbons (Fsp3) is 0.267. The van der Waals surface area contributed by atoms with Gasteiger partial charge in [-0.3, -0.25) is 4.98 Å². The van der Waals surface area contributed by atoms with Crippen molar-refractivity contribution in [2.75, 3.05) is 4.90 Å². The third kappa shape index (κ3) is 5.24. The molecule has 0 radical (unpaired) electrons. The third-order valence-electron chi connectivity index (χ3n) is 6.95. The van der Waals surface area contributed by atoms with Crippen molar-refractivity contribution in [2.45, 2.75) is 60.8 Å². The highest BCUT2D eigenvalue weighted by Gasteiger charge is 2.42. The van der Waals surface area contributed by atoms with Crippen molar-refractivity contribution in [2.24, 2.45) is 0 Å². The molecular formula is C30H29N3O2S2. The lowest BCUT2D eigenvalue weighted by Gasteiger charge is -2.26. The Morgan fingerprint density at radius 2 is 1.76 bits per heavy atom. The third-order valence-corrected chi connectivity index (χ3v) is 8.19. The summed E-state index contributed by atoms with van der Waals surface area (Å²) in [6.45, 7) is 2.09. The topological polar surface area (TPSA) is 50.5 Å². The normalized spacial score (nSPS) is 19.8. The Morgan fingerprint density at radius 1 is 0.973 bits per heavy atom. The zero-order chi connectivity index (χ0) is 25.2. The number of thiocarbonyl (C=S) groups is 1. The Hall–Kier alpha value is -3.29. The Balaban J connectivity index is 1.30. The predicted molar refractivity (Wildman–Crippen MR) is 151 cm³/mol. The van der Waals surface area contributed by atoms with Crippen molar-refractivity contribution in [3.8, 4) is 5.75 Å². The first-order valence-corrected chi connectivity index (χ1v) is 14.0. The smallest absolute Gasteiger partial charge is 0.174 e. The Bertz CT molecular complexity index is 1350. The Kier molecular flexibility index (Phi) is 6.89. The van der Waals surface area contributed by atoms with Gasteiger partial charge in [-0.25, -0.2) is 0 Å². The molecule has 2 aromatic heterocycles. The van der Waals surface area contributed by atoms with E-state index in [1.54, 1.807) is 11.8 Å². The van der Waals surface area contributed by atoms with E-state index in [-0.39, 0.29) is 12.1 Å². The second-order valence-electron chi connectivity index (χ2n) is 9.59. The monoisotopic (exact) mass is 527 g/mol. The molecule has 5 nitrogen and oxygen atoms in total. The second kappa shape index (κ2) is 10.6. The molecule has 0 bridgehead atoms. The Labute approximate surface area is 227 Å². The lowest BCUT2D eigenvalue weighted by molar-refractivity contribution is 0.210. The largest absolute Gasteiger partial charge is 0.490 e. The number of nitrogens with one attached hydrogen (secondary N) is 1. The highest BCUT2D eigenvalue weighted by molar-refractivity contribution is 7.99. The number of benzene rings is 2. The predicted octanol–water partition coefficient (Wildman–Crippen LogP) is 7.63. The lowest BCUT2D eigenvalue weighted by Crippen LogP contribution is -2.29. The molecule has 1 saturated carbocycles. The summed E-state index contributed by atoms with van der Waals surface area (Å²) in [4.78, 5) is 7.91. The second-order valence-corrected chi connectivity index (χ2v) is 11.1. The van der Waals surface area contributed by atoms with Gasteiger partial charge in [-0.1, -0.05) is 35.5 Å². The Morgan fingerprint density at radius 3 is 2.49 bits per heavy atom. The van der Waals surface area contributed by atoms with E-state index in [1.165, 1.54) is 18.4 Å². The van der Waals surface area contributed by atoms with E-state index < -0.39 is 0 Å². The van der Waals surface area contributed by atoms with Gasteiger partial charge in [0.1, 0.15) is 17.6 Å². The van der Waals surface area contributed by atoms with Crippen molar-refractivity contribution in [1.29, 1.82) is 0 Å². The van der Waals surface area contributed by atoms with E-state index in [9.17, 15) is 0 Å². The molecule has 1 N–H and O–H groups in total. The van der Waals surface area contributed by atoms with Crippen molar-refractivity contribution in [3.05, 3.63) is 102 Å². The first-order valence-electron chi connectivity index (χ1n) is 12.8. The van der Waals surface area contributed by atoms with Crippen molar-refractivity contribution in [3.63, 3.8) is 0 Å². The van der Waals surface area contributed by atoms with E-state index in [0.717, 1.165) is 45.7 Å². The first-order chi connectivity index (χ1) is 18.1. The van der Waals surface area contributed by atoms with Crippen LogP contribution in [-0.2, 0) is 0 Å². The zero-order valence-corrected chi connectivity index (χ0v) is 22.3. The number of anilines is 1. The molecular weight excluding hydrogens is 498 g/mol. The van der Waals surface area contributed by atoms with Crippen LogP contribution in [0.5, 0.6) is 5.75 Å². The van der Waals surface area contributed by atoms with E-state index in [0.29, 0.717) is 11.2 Å². The molecule has 0 unspecified atom stereocenters. The molecule has 37 heavy (non-hydrogen) atoms. The van der Waals surface area contributed by atoms with Gasteiger partial charge >= 0.3 is 0 Å². The number of hydrogen-bond acceptors (Lipinski definition) is 5. The van der Waals surface area contributed by atoms with Gasteiger partial charge in [0, 0.05) is 16.8 Å². The minimum atomic E-state index is -0.184. The number of pyridine rings is 1. The van der Waals surface area contributed by atoms with Crippen LogP contribution < -0.4 is 15.0 Å². The molecule has 2 aromatic carbocycles. The van der Waals surface area contributed by atoms with E-state index in [4.69, 9.17) is 21.4 Å². The maximum absolute atomic E-state index is 6.44. The summed E-state index contributed by atoms with van der Waals surface area (Å²) in [6.07, 6.45) is 6.92. The van der Waals surface area contributed by atoms with Gasteiger partial charge in [0.25, 0.3) is 0 Å². The number of ether oxygens (including phenoxy) is 1. The minimum absolute atomic E-state index is 0.147. The molecule has 1 saturated heterocycles. The molecule has 188 valence electrons. The van der Waals surface area contributed by atoms with Crippen LogP contribution in [0.2, 0.25) is 0 Å². The summed E-state index contributed by atoms with van der Waals surface area (Å²) < 4.78 is 12.6. The molecule has 2 atom stereocenters. The van der Waals surface area contributed by atoms with Crippen LogP contribution in [0.25, 0.3) is 0 Å². The number of aromatic nitrogens is 1. The first kappa shape index (κ1) is 24.1. The highest BCUT2D eigenvalue weighted by atomic mass is 32.2.